The number of hydrogen-bond acceptors (Lipinski definition) is 5. The Bertz CT molecular complexity index is 893. The number of benzene rings is 1. The summed E-state index contributed by atoms with van der Waals surface area (Å²) in [4.78, 5) is 0. The van der Waals surface area contributed by atoms with E-state index in [4.69, 9.17) is 4.52 Å². The van der Waals surface area contributed by atoms with Crippen molar-refractivity contribution in [1.82, 2.24) is 19.9 Å². The summed E-state index contributed by atoms with van der Waals surface area (Å²) < 4.78 is 6.94. The molecular formula is C17H15N5O. The summed E-state index contributed by atoms with van der Waals surface area (Å²) in [6.45, 7) is 3.65. The van der Waals surface area contributed by atoms with Gasteiger partial charge >= 0.3 is 0 Å². The molecule has 23 heavy (non-hydrogen) atoms. The SMILES string of the molecule is Cc1noc(C)c1/C=C(/C#N)c1nnc(-c2ccccc2)n1C. The third-order valence-corrected chi connectivity index (χ3v) is 3.65. The van der Waals surface area contributed by atoms with Gasteiger partial charge in [0.05, 0.1) is 11.3 Å². The van der Waals surface area contributed by atoms with Crippen LogP contribution in [0, 0.1) is 25.2 Å². The molecule has 0 aliphatic carbocycles. The highest BCUT2D eigenvalue weighted by Gasteiger charge is 2.16. The second-order valence-electron chi connectivity index (χ2n) is 5.18. The van der Waals surface area contributed by atoms with Crippen LogP contribution in [0.5, 0.6) is 0 Å². The van der Waals surface area contributed by atoms with Crippen molar-refractivity contribution in [2.24, 2.45) is 7.05 Å². The maximum absolute atomic E-state index is 9.51. The molecule has 0 atom stereocenters. The van der Waals surface area contributed by atoms with Gasteiger partial charge in [0.2, 0.25) is 0 Å². The van der Waals surface area contributed by atoms with Crippen molar-refractivity contribution in [2.45, 2.75) is 13.8 Å². The molecule has 0 aliphatic rings. The molecule has 0 bridgehead atoms. The smallest absolute Gasteiger partial charge is 0.174 e. The van der Waals surface area contributed by atoms with Crippen LogP contribution in [0.4, 0.5) is 0 Å². The highest BCUT2D eigenvalue weighted by Crippen LogP contribution is 2.23. The number of nitriles is 1. The summed E-state index contributed by atoms with van der Waals surface area (Å²) in [5, 5.41) is 21.8. The Morgan fingerprint density at radius 3 is 2.57 bits per heavy atom. The van der Waals surface area contributed by atoms with Gasteiger partial charge in [0, 0.05) is 18.2 Å². The lowest BCUT2D eigenvalue weighted by Crippen LogP contribution is -1.98. The van der Waals surface area contributed by atoms with Gasteiger partial charge in [-0.25, -0.2) is 0 Å². The average Bonchev–Trinajstić information content (AvgIpc) is 3.10. The Labute approximate surface area is 133 Å². The first-order valence-corrected chi connectivity index (χ1v) is 7.11. The highest BCUT2D eigenvalue weighted by atomic mass is 16.5. The lowest BCUT2D eigenvalue weighted by molar-refractivity contribution is 0.393. The largest absolute Gasteiger partial charge is 0.361 e. The van der Waals surface area contributed by atoms with Gasteiger partial charge in [0.25, 0.3) is 0 Å². The van der Waals surface area contributed by atoms with E-state index in [0.717, 1.165) is 16.8 Å². The molecule has 1 aromatic carbocycles. The first-order valence-electron chi connectivity index (χ1n) is 7.11. The van der Waals surface area contributed by atoms with Gasteiger partial charge in [-0.15, -0.1) is 10.2 Å². The molecule has 114 valence electrons. The van der Waals surface area contributed by atoms with E-state index < -0.39 is 0 Å². The van der Waals surface area contributed by atoms with E-state index in [-0.39, 0.29) is 0 Å². The molecule has 0 saturated heterocycles. The van der Waals surface area contributed by atoms with E-state index in [1.807, 2.05) is 55.8 Å². The van der Waals surface area contributed by atoms with Crippen molar-refractivity contribution in [3.63, 3.8) is 0 Å². The summed E-state index contributed by atoms with van der Waals surface area (Å²) in [6.07, 6.45) is 1.74. The number of allylic oxidation sites excluding steroid dienone is 1. The van der Waals surface area contributed by atoms with Crippen molar-refractivity contribution in [3.05, 3.63) is 53.2 Å². The maximum atomic E-state index is 9.51. The molecule has 6 heteroatoms. The second kappa shape index (κ2) is 5.89. The van der Waals surface area contributed by atoms with Crippen LogP contribution in [0.15, 0.2) is 34.9 Å². The molecular weight excluding hydrogens is 290 g/mol. The highest BCUT2D eigenvalue weighted by molar-refractivity contribution is 5.88. The van der Waals surface area contributed by atoms with Crippen LogP contribution in [-0.4, -0.2) is 19.9 Å². The molecule has 0 amide bonds. The molecule has 0 aliphatic heterocycles. The maximum Gasteiger partial charge on any atom is 0.174 e. The van der Waals surface area contributed by atoms with Gasteiger partial charge in [0.15, 0.2) is 11.6 Å². The van der Waals surface area contributed by atoms with Gasteiger partial charge in [-0.2, -0.15) is 5.26 Å². The van der Waals surface area contributed by atoms with E-state index in [2.05, 4.69) is 21.4 Å². The van der Waals surface area contributed by atoms with Crippen LogP contribution in [0.25, 0.3) is 23.0 Å². The van der Waals surface area contributed by atoms with E-state index in [1.165, 1.54) is 0 Å². The Morgan fingerprint density at radius 2 is 1.96 bits per heavy atom. The number of rotatable bonds is 3. The lowest BCUT2D eigenvalue weighted by atomic mass is 10.1. The minimum absolute atomic E-state index is 0.414. The van der Waals surface area contributed by atoms with Crippen molar-refractivity contribution < 1.29 is 4.52 Å². The number of aryl methyl sites for hydroxylation is 2. The van der Waals surface area contributed by atoms with E-state index in [9.17, 15) is 5.26 Å². The monoisotopic (exact) mass is 305 g/mol. The second-order valence-corrected chi connectivity index (χ2v) is 5.18. The van der Waals surface area contributed by atoms with Gasteiger partial charge in [0.1, 0.15) is 11.8 Å². The molecule has 2 aromatic heterocycles. The zero-order chi connectivity index (χ0) is 16.4. The first kappa shape index (κ1) is 14.7. The Hall–Kier alpha value is -3.20. The molecule has 3 aromatic rings. The van der Waals surface area contributed by atoms with Crippen molar-refractivity contribution in [2.75, 3.05) is 0 Å². The van der Waals surface area contributed by atoms with Crippen LogP contribution >= 0.6 is 0 Å². The predicted molar refractivity (Wildman–Crippen MR) is 85.9 cm³/mol. The quantitative estimate of drug-likeness (QED) is 0.694. The van der Waals surface area contributed by atoms with Crippen molar-refractivity contribution in [3.8, 4) is 17.5 Å². The summed E-state index contributed by atoms with van der Waals surface area (Å²) in [6, 6.07) is 11.9. The third-order valence-electron chi connectivity index (χ3n) is 3.65. The molecule has 2 heterocycles. The fourth-order valence-electron chi connectivity index (χ4n) is 2.39. The standard InChI is InChI=1S/C17H15N5O/c1-11-15(12(2)23-21-11)9-14(10-18)17-20-19-16(22(17)3)13-7-5-4-6-8-13/h4-9H,1-3H3/b14-9-. The van der Waals surface area contributed by atoms with Crippen LogP contribution in [-0.2, 0) is 7.05 Å². The van der Waals surface area contributed by atoms with Crippen LogP contribution < -0.4 is 0 Å². The topological polar surface area (TPSA) is 80.5 Å². The van der Waals surface area contributed by atoms with Gasteiger partial charge in [-0.05, 0) is 19.9 Å². The Kier molecular flexibility index (Phi) is 3.77. The third kappa shape index (κ3) is 2.64. The molecule has 0 N–H and O–H groups in total. The number of aromatic nitrogens is 4. The minimum atomic E-state index is 0.414. The van der Waals surface area contributed by atoms with Gasteiger partial charge in [-0.3, -0.25) is 0 Å². The van der Waals surface area contributed by atoms with Crippen LogP contribution in [0.2, 0.25) is 0 Å². The summed E-state index contributed by atoms with van der Waals surface area (Å²) in [7, 11) is 1.84. The fraction of sp³-hybridized carbons (Fsp3) is 0.176. The van der Waals surface area contributed by atoms with Crippen molar-refractivity contribution in [1.29, 1.82) is 5.26 Å². The molecule has 0 radical (unpaired) electrons. The Morgan fingerprint density at radius 1 is 1.22 bits per heavy atom. The summed E-state index contributed by atoms with van der Waals surface area (Å²) in [5.74, 6) is 1.88. The predicted octanol–water partition coefficient (Wildman–Crippen LogP) is 3.15. The lowest BCUT2D eigenvalue weighted by Gasteiger charge is -2.03. The number of nitrogens with zero attached hydrogens (tertiary/aromatic N) is 5. The molecule has 0 fully saturated rings. The number of hydrogen-bond donors (Lipinski definition) is 0. The van der Waals surface area contributed by atoms with Crippen molar-refractivity contribution >= 4 is 11.6 Å². The van der Waals surface area contributed by atoms with Crippen LogP contribution in [0.1, 0.15) is 22.8 Å². The van der Waals surface area contributed by atoms with Gasteiger partial charge < -0.3 is 9.09 Å². The van der Waals surface area contributed by atoms with Gasteiger partial charge in [-0.1, -0.05) is 35.5 Å². The average molecular weight is 305 g/mol. The fourth-order valence-corrected chi connectivity index (χ4v) is 2.39. The minimum Gasteiger partial charge on any atom is -0.361 e. The summed E-state index contributed by atoms with van der Waals surface area (Å²) >= 11 is 0. The first-order chi connectivity index (χ1) is 11.1. The zero-order valence-corrected chi connectivity index (χ0v) is 13.1. The molecule has 0 spiro atoms. The zero-order valence-electron chi connectivity index (χ0n) is 13.1. The van der Waals surface area contributed by atoms with Crippen LogP contribution in [0.3, 0.4) is 0 Å². The molecule has 0 saturated carbocycles. The van der Waals surface area contributed by atoms with E-state index in [1.54, 1.807) is 6.08 Å². The Balaban J connectivity index is 2.08. The molecule has 3 rings (SSSR count). The van der Waals surface area contributed by atoms with E-state index >= 15 is 0 Å². The summed E-state index contributed by atoms with van der Waals surface area (Å²) in [5.41, 5.74) is 2.89. The van der Waals surface area contributed by atoms with E-state index in [0.29, 0.717) is 23.0 Å². The molecule has 0 unspecified atom stereocenters. The normalized spacial score (nSPS) is 11.5. The molecule has 6 nitrogen and oxygen atoms in total.